The summed E-state index contributed by atoms with van der Waals surface area (Å²) in [6, 6.07) is 11.3. The second-order valence-electron chi connectivity index (χ2n) is 7.30. The lowest BCUT2D eigenvalue weighted by molar-refractivity contribution is -0.113. The van der Waals surface area contributed by atoms with Crippen LogP contribution in [0.2, 0.25) is 5.02 Å². The molecule has 1 amide bonds. The molecule has 2 aromatic carbocycles. The first-order chi connectivity index (χ1) is 15.5. The average molecular weight is 476 g/mol. The van der Waals surface area contributed by atoms with Gasteiger partial charge in [0.1, 0.15) is 5.82 Å². The van der Waals surface area contributed by atoms with Gasteiger partial charge in [-0.3, -0.25) is 4.79 Å². The predicted octanol–water partition coefficient (Wildman–Crippen LogP) is 4.40. The van der Waals surface area contributed by atoms with Crippen LogP contribution in [0, 0.1) is 5.82 Å². The maximum atomic E-state index is 13.1. The molecule has 0 bridgehead atoms. The van der Waals surface area contributed by atoms with Crippen LogP contribution in [-0.4, -0.2) is 59.5 Å². The van der Waals surface area contributed by atoms with Crippen molar-refractivity contribution in [3.63, 3.8) is 0 Å². The van der Waals surface area contributed by atoms with Crippen molar-refractivity contribution in [3.05, 3.63) is 53.3 Å². The van der Waals surface area contributed by atoms with Gasteiger partial charge in [-0.25, -0.2) is 4.39 Å². The van der Waals surface area contributed by atoms with E-state index >= 15 is 0 Å². The Kier molecular flexibility index (Phi) is 7.29. The summed E-state index contributed by atoms with van der Waals surface area (Å²) in [7, 11) is 0. The fourth-order valence-corrected chi connectivity index (χ4v) is 4.22. The molecule has 0 spiro atoms. The molecule has 0 atom stereocenters. The molecule has 0 unspecified atom stereocenters. The number of hydrogen-bond acceptors (Lipinski definition) is 7. The van der Waals surface area contributed by atoms with Crippen LogP contribution in [-0.2, 0) is 4.79 Å². The van der Waals surface area contributed by atoms with Crippen LogP contribution in [0.3, 0.4) is 0 Å². The third-order valence-corrected chi connectivity index (χ3v) is 6.27. The minimum atomic E-state index is -0.341. The first kappa shape index (κ1) is 22.6. The molecule has 4 rings (SSSR count). The summed E-state index contributed by atoms with van der Waals surface area (Å²) in [5.41, 5.74) is 2.26. The molecule has 1 saturated heterocycles. The van der Waals surface area contributed by atoms with Crippen molar-refractivity contribution in [2.24, 2.45) is 0 Å². The number of thioether (sulfide) groups is 1. The summed E-state index contributed by atoms with van der Waals surface area (Å²) in [6.45, 7) is 6.94. The minimum absolute atomic E-state index is 0.0978. The van der Waals surface area contributed by atoms with E-state index < -0.39 is 0 Å². The van der Waals surface area contributed by atoms with Crippen LogP contribution in [0.1, 0.15) is 6.92 Å². The zero-order valence-corrected chi connectivity index (χ0v) is 19.1. The quantitative estimate of drug-likeness (QED) is 0.507. The number of nitrogens with one attached hydrogen (secondary N) is 1. The van der Waals surface area contributed by atoms with Crippen molar-refractivity contribution < 1.29 is 13.6 Å². The topological polar surface area (TPSA) is 74.5 Å². The van der Waals surface area contributed by atoms with E-state index in [4.69, 9.17) is 16.0 Å². The van der Waals surface area contributed by atoms with E-state index in [1.807, 2.05) is 12.1 Å². The largest absolute Gasteiger partial charge is 0.411 e. The zero-order chi connectivity index (χ0) is 22.5. The van der Waals surface area contributed by atoms with Crippen molar-refractivity contribution in [1.82, 2.24) is 15.1 Å². The summed E-state index contributed by atoms with van der Waals surface area (Å²) in [6.07, 6.45) is 0. The number of aromatic nitrogens is 2. The normalized spacial score (nSPS) is 14.5. The van der Waals surface area contributed by atoms with Gasteiger partial charge in [0.05, 0.1) is 17.1 Å². The molecule has 0 radical (unpaired) electrons. The van der Waals surface area contributed by atoms with E-state index in [0.717, 1.165) is 50.2 Å². The Morgan fingerprint density at radius 1 is 1.16 bits per heavy atom. The van der Waals surface area contributed by atoms with Gasteiger partial charge >= 0.3 is 0 Å². The van der Waals surface area contributed by atoms with Crippen molar-refractivity contribution in [1.29, 1.82) is 0 Å². The molecule has 7 nitrogen and oxygen atoms in total. The molecular weight excluding hydrogens is 453 g/mol. The molecule has 1 aliphatic rings. The van der Waals surface area contributed by atoms with Crippen LogP contribution in [0.4, 0.5) is 15.8 Å². The number of rotatable bonds is 7. The summed E-state index contributed by atoms with van der Waals surface area (Å²) >= 11 is 7.32. The fourth-order valence-electron chi connectivity index (χ4n) is 3.48. The van der Waals surface area contributed by atoms with Crippen LogP contribution in [0.15, 0.2) is 52.1 Å². The Balaban J connectivity index is 1.37. The number of likely N-dealkylation sites (N-methyl/N-ethyl adjacent to an activating group) is 1. The fraction of sp³-hybridized carbons (Fsp3) is 0.318. The second-order valence-corrected chi connectivity index (χ2v) is 8.66. The summed E-state index contributed by atoms with van der Waals surface area (Å²) in [4.78, 5) is 17.3. The number of carbonyl (C=O) groups is 1. The van der Waals surface area contributed by atoms with Gasteiger partial charge in [0.2, 0.25) is 11.8 Å². The number of hydrogen-bond donors (Lipinski definition) is 1. The maximum absolute atomic E-state index is 13.1. The van der Waals surface area contributed by atoms with Crippen molar-refractivity contribution in [2.45, 2.75) is 12.1 Å². The molecule has 32 heavy (non-hydrogen) atoms. The van der Waals surface area contributed by atoms with E-state index in [-0.39, 0.29) is 28.6 Å². The number of anilines is 2. The molecule has 0 saturated carbocycles. The monoisotopic (exact) mass is 475 g/mol. The van der Waals surface area contributed by atoms with Crippen LogP contribution < -0.4 is 10.2 Å². The van der Waals surface area contributed by atoms with Gasteiger partial charge in [0.25, 0.3) is 5.22 Å². The predicted molar refractivity (Wildman–Crippen MR) is 125 cm³/mol. The lowest BCUT2D eigenvalue weighted by Crippen LogP contribution is -2.46. The van der Waals surface area contributed by atoms with Gasteiger partial charge in [-0.2, -0.15) is 0 Å². The minimum Gasteiger partial charge on any atom is -0.411 e. The van der Waals surface area contributed by atoms with Crippen molar-refractivity contribution >= 4 is 40.6 Å². The van der Waals surface area contributed by atoms with Gasteiger partial charge in [-0.05, 0) is 49.0 Å². The first-order valence-corrected chi connectivity index (χ1v) is 11.7. The molecule has 3 aromatic rings. The number of carbonyl (C=O) groups excluding carboxylic acids is 1. The van der Waals surface area contributed by atoms with E-state index in [9.17, 15) is 9.18 Å². The summed E-state index contributed by atoms with van der Waals surface area (Å²) in [5, 5.41) is 11.7. The SMILES string of the molecule is CCN1CCN(c2ccc(Cl)cc2NC(=O)CSc2nnc(-c3ccc(F)cc3)o2)CC1. The van der Waals surface area contributed by atoms with E-state index in [1.54, 1.807) is 18.2 Å². The first-order valence-electron chi connectivity index (χ1n) is 10.3. The molecule has 1 aromatic heterocycles. The van der Waals surface area contributed by atoms with E-state index in [0.29, 0.717) is 16.3 Å². The smallest absolute Gasteiger partial charge is 0.277 e. The molecule has 1 N–H and O–H groups in total. The van der Waals surface area contributed by atoms with Gasteiger partial charge in [-0.15, -0.1) is 10.2 Å². The molecule has 168 valence electrons. The Morgan fingerprint density at radius 3 is 2.62 bits per heavy atom. The number of halogens is 2. The van der Waals surface area contributed by atoms with Gasteiger partial charge in [0, 0.05) is 36.8 Å². The Morgan fingerprint density at radius 2 is 1.91 bits per heavy atom. The van der Waals surface area contributed by atoms with Crippen LogP contribution >= 0.6 is 23.4 Å². The third kappa shape index (κ3) is 5.59. The van der Waals surface area contributed by atoms with Crippen molar-refractivity contribution in [3.8, 4) is 11.5 Å². The standard InChI is InChI=1S/C22H23ClFN5O2S/c1-2-28-9-11-29(12-10-28)19-8-5-16(23)13-18(19)25-20(30)14-32-22-27-26-21(31-22)15-3-6-17(24)7-4-15/h3-8,13H,2,9-12,14H2,1H3,(H,25,30). The third-order valence-electron chi connectivity index (χ3n) is 5.22. The summed E-state index contributed by atoms with van der Waals surface area (Å²) < 4.78 is 18.6. The lowest BCUT2D eigenvalue weighted by atomic mass is 10.2. The number of amides is 1. The highest BCUT2D eigenvalue weighted by Gasteiger charge is 2.20. The van der Waals surface area contributed by atoms with Crippen LogP contribution in [0.25, 0.3) is 11.5 Å². The molecule has 1 aliphatic heterocycles. The highest BCUT2D eigenvalue weighted by molar-refractivity contribution is 7.99. The molecule has 10 heteroatoms. The average Bonchev–Trinajstić information content (AvgIpc) is 3.28. The second kappa shape index (κ2) is 10.3. The lowest BCUT2D eigenvalue weighted by Gasteiger charge is -2.36. The zero-order valence-electron chi connectivity index (χ0n) is 17.6. The van der Waals surface area contributed by atoms with Crippen LogP contribution in [0.5, 0.6) is 0 Å². The Labute approximate surface area is 194 Å². The van der Waals surface area contributed by atoms with Crippen molar-refractivity contribution in [2.75, 3.05) is 48.7 Å². The number of nitrogens with zero attached hydrogens (tertiary/aromatic N) is 4. The number of benzene rings is 2. The summed E-state index contributed by atoms with van der Waals surface area (Å²) in [5.74, 6) is -0.170. The highest BCUT2D eigenvalue weighted by Crippen LogP contribution is 2.31. The Hall–Kier alpha value is -2.62. The van der Waals surface area contributed by atoms with E-state index in [2.05, 4.69) is 32.2 Å². The molecule has 0 aliphatic carbocycles. The Bertz CT molecular complexity index is 1070. The van der Waals surface area contributed by atoms with E-state index in [1.165, 1.54) is 12.1 Å². The van der Waals surface area contributed by atoms with Gasteiger partial charge in [0.15, 0.2) is 0 Å². The van der Waals surface area contributed by atoms with Gasteiger partial charge < -0.3 is 19.5 Å². The maximum Gasteiger partial charge on any atom is 0.277 e. The molecule has 2 heterocycles. The molecule has 1 fully saturated rings. The number of piperazine rings is 1. The molecular formula is C22H23ClFN5O2S. The highest BCUT2D eigenvalue weighted by atomic mass is 35.5. The van der Waals surface area contributed by atoms with Gasteiger partial charge in [-0.1, -0.05) is 30.3 Å².